The van der Waals surface area contributed by atoms with Crippen molar-refractivity contribution < 1.29 is 13.6 Å². The Bertz CT molecular complexity index is 650. The Hall–Kier alpha value is -2.29. The number of carbonyl (C=O) groups is 1. The van der Waals surface area contributed by atoms with Gasteiger partial charge in [-0.15, -0.1) is 0 Å². The van der Waals surface area contributed by atoms with Crippen molar-refractivity contribution in [3.63, 3.8) is 0 Å². The van der Waals surface area contributed by atoms with Crippen LogP contribution in [-0.2, 0) is 4.79 Å². The van der Waals surface area contributed by atoms with E-state index in [-0.39, 0.29) is 5.78 Å². The molecular weight excluding hydrogens is 252 g/mol. The van der Waals surface area contributed by atoms with Crippen LogP contribution in [0.5, 0.6) is 0 Å². The maximum absolute atomic E-state index is 12.3. The van der Waals surface area contributed by atoms with Gasteiger partial charge in [0.2, 0.25) is 0 Å². The van der Waals surface area contributed by atoms with E-state index in [1.54, 1.807) is 0 Å². The number of aryl methyl sites for hydroxylation is 2. The van der Waals surface area contributed by atoms with Crippen LogP contribution in [0.2, 0.25) is 0 Å². The number of hydrogen-bond donors (Lipinski definition) is 0. The molecule has 0 bridgehead atoms. The number of furan rings is 2. The lowest BCUT2D eigenvalue weighted by Gasteiger charge is -1.94. The third-order valence-electron chi connectivity index (χ3n) is 3.40. The molecule has 1 saturated carbocycles. The van der Waals surface area contributed by atoms with E-state index in [4.69, 9.17) is 8.83 Å². The van der Waals surface area contributed by atoms with Gasteiger partial charge in [-0.25, -0.2) is 0 Å². The summed E-state index contributed by atoms with van der Waals surface area (Å²) >= 11 is 0. The molecule has 0 atom stereocenters. The van der Waals surface area contributed by atoms with Crippen LogP contribution in [0.15, 0.2) is 44.2 Å². The Labute approximate surface area is 117 Å². The summed E-state index contributed by atoms with van der Waals surface area (Å²) in [4.78, 5) is 12.3. The summed E-state index contributed by atoms with van der Waals surface area (Å²) in [6.45, 7) is 3.78. The number of carbonyl (C=O) groups excluding carboxylic acids is 1. The van der Waals surface area contributed by atoms with Crippen molar-refractivity contribution in [1.29, 1.82) is 0 Å². The van der Waals surface area contributed by atoms with Crippen LogP contribution < -0.4 is 0 Å². The van der Waals surface area contributed by atoms with Gasteiger partial charge in [0.15, 0.2) is 5.78 Å². The predicted molar refractivity (Wildman–Crippen MR) is 77.1 cm³/mol. The lowest BCUT2D eigenvalue weighted by Crippen LogP contribution is -1.95. The first-order chi connectivity index (χ1) is 9.61. The van der Waals surface area contributed by atoms with Crippen molar-refractivity contribution in [3.05, 3.63) is 58.5 Å². The van der Waals surface area contributed by atoms with Crippen molar-refractivity contribution in [3.8, 4) is 0 Å². The SMILES string of the molecule is Cc1ccc(C=C2CC/C(=C/c3ccc(C)o3)C2=O)o1. The summed E-state index contributed by atoms with van der Waals surface area (Å²) < 4.78 is 11.0. The summed E-state index contributed by atoms with van der Waals surface area (Å²) in [5.74, 6) is 3.27. The first-order valence-corrected chi connectivity index (χ1v) is 6.70. The maximum atomic E-state index is 12.3. The molecule has 0 spiro atoms. The Morgan fingerprint density at radius 2 is 1.30 bits per heavy atom. The third-order valence-corrected chi connectivity index (χ3v) is 3.40. The van der Waals surface area contributed by atoms with Gasteiger partial charge < -0.3 is 8.83 Å². The zero-order chi connectivity index (χ0) is 14.1. The molecule has 1 aliphatic carbocycles. The number of allylic oxidation sites excluding steroid dienone is 2. The molecule has 0 N–H and O–H groups in total. The molecule has 3 rings (SSSR count). The Balaban J connectivity index is 1.84. The van der Waals surface area contributed by atoms with E-state index < -0.39 is 0 Å². The molecule has 102 valence electrons. The van der Waals surface area contributed by atoms with Gasteiger partial charge in [-0.1, -0.05) is 0 Å². The molecule has 2 aromatic heterocycles. The van der Waals surface area contributed by atoms with Gasteiger partial charge in [0, 0.05) is 11.1 Å². The van der Waals surface area contributed by atoms with Crippen LogP contribution in [0.4, 0.5) is 0 Å². The van der Waals surface area contributed by atoms with E-state index in [1.807, 2.05) is 50.3 Å². The highest BCUT2D eigenvalue weighted by molar-refractivity contribution is 6.15. The van der Waals surface area contributed by atoms with Gasteiger partial charge in [-0.2, -0.15) is 0 Å². The molecule has 3 nitrogen and oxygen atoms in total. The standard InChI is InChI=1S/C17H16O3/c1-11-3-7-15(19-11)9-13-5-6-14(17(13)18)10-16-8-4-12(2)20-16/h3-4,7-10H,5-6H2,1-2H3/b13-9-,14-10?. The van der Waals surface area contributed by atoms with Gasteiger partial charge >= 0.3 is 0 Å². The van der Waals surface area contributed by atoms with E-state index >= 15 is 0 Å². The highest BCUT2D eigenvalue weighted by Gasteiger charge is 2.23. The lowest BCUT2D eigenvalue weighted by atomic mass is 10.1. The molecule has 2 aromatic rings. The van der Waals surface area contributed by atoms with Gasteiger partial charge in [-0.05, 0) is 63.1 Å². The van der Waals surface area contributed by atoms with Crippen LogP contribution in [-0.4, -0.2) is 5.78 Å². The summed E-state index contributed by atoms with van der Waals surface area (Å²) in [5.41, 5.74) is 1.60. The largest absolute Gasteiger partial charge is 0.462 e. The van der Waals surface area contributed by atoms with Crippen molar-refractivity contribution in [2.45, 2.75) is 26.7 Å². The van der Waals surface area contributed by atoms with Crippen LogP contribution in [0, 0.1) is 13.8 Å². The molecule has 1 aliphatic rings. The summed E-state index contributed by atoms with van der Waals surface area (Å²) in [5, 5.41) is 0. The maximum Gasteiger partial charge on any atom is 0.185 e. The van der Waals surface area contributed by atoms with Gasteiger partial charge in [0.05, 0.1) is 0 Å². The minimum Gasteiger partial charge on any atom is -0.462 e. The smallest absolute Gasteiger partial charge is 0.185 e. The third kappa shape index (κ3) is 2.52. The molecule has 20 heavy (non-hydrogen) atoms. The number of hydrogen-bond acceptors (Lipinski definition) is 3. The highest BCUT2D eigenvalue weighted by Crippen LogP contribution is 2.30. The molecule has 0 amide bonds. The van der Waals surface area contributed by atoms with Gasteiger partial charge in [-0.3, -0.25) is 4.79 Å². The summed E-state index contributed by atoms with van der Waals surface area (Å²) in [6, 6.07) is 7.56. The van der Waals surface area contributed by atoms with Crippen LogP contribution in [0.3, 0.4) is 0 Å². The normalized spacial score (nSPS) is 19.4. The van der Waals surface area contributed by atoms with Crippen LogP contribution in [0.25, 0.3) is 12.2 Å². The van der Waals surface area contributed by atoms with E-state index in [9.17, 15) is 4.79 Å². The van der Waals surface area contributed by atoms with Crippen molar-refractivity contribution in [1.82, 2.24) is 0 Å². The zero-order valence-electron chi connectivity index (χ0n) is 11.6. The predicted octanol–water partition coefficient (Wildman–Crippen LogP) is 4.32. The summed E-state index contributed by atoms with van der Waals surface area (Å²) in [6.07, 6.45) is 5.18. The minimum atomic E-state index is 0.0908. The van der Waals surface area contributed by atoms with Crippen LogP contribution in [0.1, 0.15) is 35.9 Å². The fraction of sp³-hybridized carbons (Fsp3) is 0.235. The molecule has 2 heterocycles. The molecule has 0 radical (unpaired) electrons. The van der Waals surface area contributed by atoms with Crippen LogP contribution >= 0.6 is 0 Å². The van der Waals surface area contributed by atoms with Gasteiger partial charge in [0.25, 0.3) is 0 Å². The quantitative estimate of drug-likeness (QED) is 0.762. The number of Topliss-reactive ketones (excluding diaryl/α,β-unsaturated/α-hetero) is 1. The topological polar surface area (TPSA) is 43.4 Å². The second-order valence-electron chi connectivity index (χ2n) is 5.07. The Morgan fingerprint density at radius 1 is 0.850 bits per heavy atom. The van der Waals surface area contributed by atoms with E-state index in [2.05, 4.69) is 0 Å². The molecule has 0 unspecified atom stereocenters. The second-order valence-corrected chi connectivity index (χ2v) is 5.07. The summed E-state index contributed by atoms with van der Waals surface area (Å²) in [7, 11) is 0. The van der Waals surface area contributed by atoms with Crippen molar-refractivity contribution in [2.24, 2.45) is 0 Å². The average Bonchev–Trinajstić information content (AvgIpc) is 3.08. The molecule has 3 heteroatoms. The zero-order valence-corrected chi connectivity index (χ0v) is 11.6. The fourth-order valence-electron chi connectivity index (χ4n) is 2.38. The molecule has 1 fully saturated rings. The molecular formula is C17H16O3. The van der Waals surface area contributed by atoms with Gasteiger partial charge in [0.1, 0.15) is 23.0 Å². The molecule has 0 aliphatic heterocycles. The first kappa shape index (κ1) is 12.7. The monoisotopic (exact) mass is 268 g/mol. The lowest BCUT2D eigenvalue weighted by molar-refractivity contribution is -0.111. The second kappa shape index (κ2) is 5.00. The Morgan fingerprint density at radius 3 is 1.65 bits per heavy atom. The van der Waals surface area contributed by atoms with E-state index in [1.165, 1.54) is 0 Å². The van der Waals surface area contributed by atoms with E-state index in [0.29, 0.717) is 0 Å². The van der Waals surface area contributed by atoms with Crippen molar-refractivity contribution >= 4 is 17.9 Å². The van der Waals surface area contributed by atoms with E-state index in [0.717, 1.165) is 47.0 Å². The van der Waals surface area contributed by atoms with Crippen molar-refractivity contribution in [2.75, 3.05) is 0 Å². The minimum absolute atomic E-state index is 0.0908. The number of rotatable bonds is 2. The fourth-order valence-corrected chi connectivity index (χ4v) is 2.38. The highest BCUT2D eigenvalue weighted by atomic mass is 16.3. The Kier molecular flexibility index (Phi) is 3.18. The first-order valence-electron chi connectivity index (χ1n) is 6.70. The molecule has 0 saturated heterocycles. The average molecular weight is 268 g/mol. The molecule has 0 aromatic carbocycles. The number of ketones is 1.